The van der Waals surface area contributed by atoms with Gasteiger partial charge in [0, 0.05) is 35.9 Å². The summed E-state index contributed by atoms with van der Waals surface area (Å²) in [5.74, 6) is -0.396. The van der Waals surface area contributed by atoms with E-state index in [0.717, 1.165) is 22.5 Å². The zero-order valence-electron chi connectivity index (χ0n) is 16.4. The predicted octanol–water partition coefficient (Wildman–Crippen LogP) is 4.90. The van der Waals surface area contributed by atoms with E-state index >= 15 is 0 Å². The van der Waals surface area contributed by atoms with Gasteiger partial charge in [-0.3, -0.25) is 9.69 Å². The minimum absolute atomic E-state index is 0.0905. The summed E-state index contributed by atoms with van der Waals surface area (Å²) in [6.45, 7) is 1.60. The Morgan fingerprint density at radius 3 is 2.73 bits per heavy atom. The summed E-state index contributed by atoms with van der Waals surface area (Å²) in [5, 5.41) is 4.85. The van der Waals surface area contributed by atoms with Crippen LogP contribution in [-0.4, -0.2) is 29.9 Å². The van der Waals surface area contributed by atoms with Crippen molar-refractivity contribution in [3.63, 3.8) is 0 Å². The monoisotopic (exact) mass is 423 g/mol. The number of anilines is 2. The Morgan fingerprint density at radius 1 is 1.07 bits per heavy atom. The van der Waals surface area contributed by atoms with Crippen LogP contribution < -0.4 is 10.2 Å². The summed E-state index contributed by atoms with van der Waals surface area (Å²) in [6.07, 6.45) is 1.14. The molecule has 0 bridgehead atoms. The van der Waals surface area contributed by atoms with Gasteiger partial charge in [0.25, 0.3) is 0 Å². The number of hydrogen-bond donors (Lipinski definition) is 1. The lowest BCUT2D eigenvalue weighted by Crippen LogP contribution is -2.49. The Morgan fingerprint density at radius 2 is 1.93 bits per heavy atom. The molecule has 1 aliphatic rings. The third-order valence-electron chi connectivity index (χ3n) is 4.93. The van der Waals surface area contributed by atoms with Crippen LogP contribution in [0.4, 0.5) is 20.6 Å². The fourth-order valence-electron chi connectivity index (χ4n) is 3.55. The first-order chi connectivity index (χ1) is 14.6. The molecule has 0 aliphatic carbocycles. The summed E-state index contributed by atoms with van der Waals surface area (Å²) < 4.78 is 13.5. The summed E-state index contributed by atoms with van der Waals surface area (Å²) in [5.41, 5.74) is 2.15. The summed E-state index contributed by atoms with van der Waals surface area (Å²) >= 11 is 1.55. The van der Waals surface area contributed by atoms with Gasteiger partial charge in [0.05, 0.1) is 6.42 Å². The largest absolute Gasteiger partial charge is 0.326 e. The smallest absolute Gasteiger partial charge is 0.324 e. The highest BCUT2D eigenvalue weighted by Crippen LogP contribution is 2.25. The molecule has 1 aromatic heterocycles. The molecule has 1 aliphatic heterocycles. The molecule has 0 saturated carbocycles. The number of benzene rings is 2. The van der Waals surface area contributed by atoms with E-state index in [1.807, 2.05) is 47.8 Å². The molecular weight excluding hydrogens is 401 g/mol. The molecule has 5 nitrogen and oxygen atoms in total. The van der Waals surface area contributed by atoms with Gasteiger partial charge >= 0.3 is 6.03 Å². The lowest BCUT2D eigenvalue weighted by Gasteiger charge is -2.36. The van der Waals surface area contributed by atoms with Crippen LogP contribution in [0.2, 0.25) is 0 Å². The van der Waals surface area contributed by atoms with Crippen molar-refractivity contribution in [3.8, 4) is 0 Å². The molecule has 0 radical (unpaired) electrons. The van der Waals surface area contributed by atoms with Crippen LogP contribution in [0.1, 0.15) is 16.9 Å². The minimum Gasteiger partial charge on any atom is -0.326 e. The molecule has 1 saturated heterocycles. The van der Waals surface area contributed by atoms with E-state index in [-0.39, 0.29) is 17.8 Å². The number of urea groups is 1. The molecule has 3 aromatic rings. The maximum atomic E-state index is 13.5. The highest BCUT2D eigenvalue weighted by atomic mass is 32.1. The first-order valence-corrected chi connectivity index (χ1v) is 10.7. The zero-order valence-corrected chi connectivity index (χ0v) is 17.2. The van der Waals surface area contributed by atoms with Crippen molar-refractivity contribution in [2.75, 3.05) is 23.3 Å². The predicted molar refractivity (Wildman–Crippen MR) is 117 cm³/mol. The third kappa shape index (κ3) is 4.86. The minimum atomic E-state index is -0.306. The van der Waals surface area contributed by atoms with Crippen molar-refractivity contribution in [3.05, 3.63) is 82.3 Å². The number of carbonyl (C=O) groups is 2. The van der Waals surface area contributed by atoms with Gasteiger partial charge in [0.2, 0.25) is 5.91 Å². The van der Waals surface area contributed by atoms with Crippen LogP contribution in [0.3, 0.4) is 0 Å². The SMILES string of the molecule is O=C(Cc1cccs1)Nc1cccc(N2CCCN(Cc3cccc(F)c3)C2=O)c1. The highest BCUT2D eigenvalue weighted by Gasteiger charge is 2.27. The Bertz CT molecular complexity index is 1040. The van der Waals surface area contributed by atoms with E-state index in [0.29, 0.717) is 31.7 Å². The van der Waals surface area contributed by atoms with Crippen LogP contribution >= 0.6 is 11.3 Å². The number of carbonyl (C=O) groups excluding carboxylic acids is 2. The third-order valence-corrected chi connectivity index (χ3v) is 5.81. The quantitative estimate of drug-likeness (QED) is 0.613. The number of halogens is 1. The fourth-order valence-corrected chi connectivity index (χ4v) is 4.26. The van der Waals surface area contributed by atoms with E-state index in [2.05, 4.69) is 5.32 Å². The van der Waals surface area contributed by atoms with Crippen molar-refractivity contribution in [2.45, 2.75) is 19.4 Å². The highest BCUT2D eigenvalue weighted by molar-refractivity contribution is 7.10. The maximum Gasteiger partial charge on any atom is 0.324 e. The Kier molecular flexibility index (Phi) is 6.09. The molecule has 154 valence electrons. The number of rotatable bonds is 6. The number of amides is 3. The molecule has 3 amide bonds. The van der Waals surface area contributed by atoms with E-state index < -0.39 is 0 Å². The Labute approximate surface area is 178 Å². The molecule has 0 atom stereocenters. The maximum absolute atomic E-state index is 13.5. The molecule has 4 rings (SSSR count). The topological polar surface area (TPSA) is 52.7 Å². The normalized spacial score (nSPS) is 14.1. The van der Waals surface area contributed by atoms with Crippen LogP contribution in [0.15, 0.2) is 66.0 Å². The van der Waals surface area contributed by atoms with Gasteiger partial charge in [0.1, 0.15) is 5.82 Å². The second kappa shape index (κ2) is 9.09. The van der Waals surface area contributed by atoms with Crippen LogP contribution in [-0.2, 0) is 17.8 Å². The number of nitrogens with zero attached hydrogens (tertiary/aromatic N) is 2. The van der Waals surface area contributed by atoms with Gasteiger partial charge in [-0.15, -0.1) is 11.3 Å². The van der Waals surface area contributed by atoms with Crippen LogP contribution in [0.5, 0.6) is 0 Å². The lowest BCUT2D eigenvalue weighted by atomic mass is 10.1. The van der Waals surface area contributed by atoms with Gasteiger partial charge in [-0.2, -0.15) is 0 Å². The van der Waals surface area contributed by atoms with E-state index in [4.69, 9.17) is 0 Å². The molecule has 0 spiro atoms. The van der Waals surface area contributed by atoms with Crippen molar-refractivity contribution >= 4 is 34.6 Å². The molecule has 1 N–H and O–H groups in total. The van der Waals surface area contributed by atoms with Gasteiger partial charge < -0.3 is 10.2 Å². The first-order valence-electron chi connectivity index (χ1n) is 9.82. The van der Waals surface area contributed by atoms with Gasteiger partial charge in [-0.25, -0.2) is 9.18 Å². The van der Waals surface area contributed by atoms with Crippen LogP contribution in [0.25, 0.3) is 0 Å². The fraction of sp³-hybridized carbons (Fsp3) is 0.217. The number of nitrogens with one attached hydrogen (secondary N) is 1. The second-order valence-corrected chi connectivity index (χ2v) is 8.23. The van der Waals surface area contributed by atoms with E-state index in [1.165, 1.54) is 12.1 Å². The van der Waals surface area contributed by atoms with Crippen molar-refractivity contribution in [1.29, 1.82) is 0 Å². The van der Waals surface area contributed by atoms with Gasteiger partial charge in [-0.05, 0) is 53.8 Å². The van der Waals surface area contributed by atoms with Crippen molar-refractivity contribution in [2.24, 2.45) is 0 Å². The molecular formula is C23H22FN3O2S. The summed E-state index contributed by atoms with van der Waals surface area (Å²) in [6, 6.07) is 17.4. The lowest BCUT2D eigenvalue weighted by molar-refractivity contribution is -0.115. The Balaban J connectivity index is 1.44. The molecule has 0 unspecified atom stereocenters. The van der Waals surface area contributed by atoms with E-state index in [1.54, 1.807) is 27.2 Å². The molecule has 7 heteroatoms. The Hall–Kier alpha value is -3.19. The standard InChI is InChI=1S/C23H22FN3O2S/c24-18-6-1-5-17(13-18)16-26-10-4-11-27(23(26)29)20-8-2-7-19(14-20)25-22(28)15-21-9-3-12-30-21/h1-3,5-9,12-14H,4,10-11,15-16H2,(H,25,28). The average molecular weight is 424 g/mol. The van der Waals surface area contributed by atoms with Crippen LogP contribution in [0, 0.1) is 5.82 Å². The van der Waals surface area contributed by atoms with Crippen molar-refractivity contribution < 1.29 is 14.0 Å². The van der Waals surface area contributed by atoms with Gasteiger partial charge in [-0.1, -0.05) is 24.3 Å². The van der Waals surface area contributed by atoms with E-state index in [9.17, 15) is 14.0 Å². The number of thiophene rings is 1. The molecule has 1 fully saturated rings. The summed E-state index contributed by atoms with van der Waals surface area (Å²) in [7, 11) is 0. The molecule has 2 aromatic carbocycles. The van der Waals surface area contributed by atoms with Gasteiger partial charge in [0.15, 0.2) is 0 Å². The molecule has 30 heavy (non-hydrogen) atoms. The zero-order chi connectivity index (χ0) is 20.9. The summed E-state index contributed by atoms with van der Waals surface area (Å²) in [4.78, 5) is 29.8. The van der Waals surface area contributed by atoms with Crippen molar-refractivity contribution in [1.82, 2.24) is 4.90 Å². The average Bonchev–Trinajstić information content (AvgIpc) is 3.23. The number of hydrogen-bond acceptors (Lipinski definition) is 3. The second-order valence-electron chi connectivity index (χ2n) is 7.19. The first kappa shape index (κ1) is 20.1. The molecule has 2 heterocycles.